The van der Waals surface area contributed by atoms with Crippen LogP contribution in [0.3, 0.4) is 0 Å². The van der Waals surface area contributed by atoms with Gasteiger partial charge in [-0.2, -0.15) is 0 Å². The van der Waals surface area contributed by atoms with Gasteiger partial charge in [-0.15, -0.1) is 10.2 Å². The first-order valence-electron chi connectivity index (χ1n) is 10.1. The third-order valence-corrected chi connectivity index (χ3v) is 5.61. The molecule has 0 bridgehead atoms. The van der Waals surface area contributed by atoms with Gasteiger partial charge in [0.1, 0.15) is 18.2 Å². The maximum Gasteiger partial charge on any atom is 0.236 e. The maximum atomic E-state index is 12.4. The van der Waals surface area contributed by atoms with Gasteiger partial charge in [-0.05, 0) is 49.2 Å². The second-order valence-electron chi connectivity index (χ2n) is 7.18. The van der Waals surface area contributed by atoms with Gasteiger partial charge in [-0.3, -0.25) is 9.36 Å². The van der Waals surface area contributed by atoms with Crippen LogP contribution in [0.5, 0.6) is 5.75 Å². The fourth-order valence-electron chi connectivity index (χ4n) is 3.04. The molecule has 4 aromatic rings. The van der Waals surface area contributed by atoms with Crippen molar-refractivity contribution in [3.63, 3.8) is 0 Å². The van der Waals surface area contributed by atoms with E-state index in [0.29, 0.717) is 16.8 Å². The summed E-state index contributed by atoms with van der Waals surface area (Å²) in [4.78, 5) is 16.6. The number of amides is 1. The van der Waals surface area contributed by atoms with Crippen LogP contribution in [0.1, 0.15) is 17.0 Å². The smallest absolute Gasteiger partial charge is 0.236 e. The number of para-hydroxylation sites is 2. The molecule has 0 spiro atoms. The predicted octanol–water partition coefficient (Wildman–Crippen LogP) is 4.59. The number of carbonyl (C=O) groups is 1. The van der Waals surface area contributed by atoms with Crippen LogP contribution in [-0.2, 0) is 11.4 Å². The fourth-order valence-corrected chi connectivity index (χ4v) is 3.81. The van der Waals surface area contributed by atoms with E-state index >= 15 is 0 Å². The molecule has 0 saturated heterocycles. The van der Waals surface area contributed by atoms with Crippen molar-refractivity contribution in [1.29, 1.82) is 0 Å². The zero-order chi connectivity index (χ0) is 22.3. The summed E-state index contributed by atoms with van der Waals surface area (Å²) in [5.74, 6) is 2.00. The van der Waals surface area contributed by atoms with Crippen LogP contribution in [0.15, 0.2) is 78.1 Å². The molecule has 0 aliphatic heterocycles. The van der Waals surface area contributed by atoms with E-state index in [1.54, 1.807) is 12.3 Å². The average Bonchev–Trinajstić information content (AvgIpc) is 3.22. The number of hydrogen-bond donors (Lipinski definition) is 1. The van der Waals surface area contributed by atoms with E-state index in [0.717, 1.165) is 22.6 Å². The number of hydrogen-bond acceptors (Lipinski definition) is 6. The number of ether oxygens (including phenoxy) is 1. The van der Waals surface area contributed by atoms with E-state index in [4.69, 9.17) is 4.74 Å². The molecule has 4 rings (SSSR count). The number of nitrogens with one attached hydrogen (secondary N) is 1. The lowest BCUT2D eigenvalue weighted by Gasteiger charge is -2.12. The predicted molar refractivity (Wildman–Crippen MR) is 125 cm³/mol. The maximum absolute atomic E-state index is 12.4. The Balaban J connectivity index is 1.49. The van der Waals surface area contributed by atoms with Crippen LogP contribution < -0.4 is 10.1 Å². The molecule has 2 aromatic carbocycles. The van der Waals surface area contributed by atoms with Gasteiger partial charge in [-0.1, -0.05) is 54.2 Å². The van der Waals surface area contributed by atoms with Crippen LogP contribution in [0.25, 0.3) is 5.69 Å². The quantitative estimate of drug-likeness (QED) is 0.400. The highest BCUT2D eigenvalue weighted by atomic mass is 32.2. The summed E-state index contributed by atoms with van der Waals surface area (Å²) in [6, 6.07) is 21.3. The number of anilines is 1. The lowest BCUT2D eigenvalue weighted by atomic mass is 10.2. The van der Waals surface area contributed by atoms with Crippen molar-refractivity contribution in [1.82, 2.24) is 19.7 Å². The number of benzene rings is 2. The molecular formula is C24H23N5O2S. The second kappa shape index (κ2) is 10.1. The molecule has 2 aromatic heterocycles. The van der Waals surface area contributed by atoms with Crippen LogP contribution in [-0.4, -0.2) is 31.4 Å². The molecule has 162 valence electrons. The van der Waals surface area contributed by atoms with Crippen LogP contribution in [0.2, 0.25) is 0 Å². The van der Waals surface area contributed by atoms with Crippen molar-refractivity contribution < 1.29 is 9.53 Å². The summed E-state index contributed by atoms with van der Waals surface area (Å²) in [7, 11) is 0. The Morgan fingerprint density at radius 2 is 1.78 bits per heavy atom. The lowest BCUT2D eigenvalue weighted by Crippen LogP contribution is -2.15. The van der Waals surface area contributed by atoms with E-state index in [1.165, 1.54) is 11.8 Å². The van der Waals surface area contributed by atoms with E-state index in [2.05, 4.69) is 20.5 Å². The number of thioether (sulfide) groups is 1. The highest BCUT2D eigenvalue weighted by Gasteiger charge is 2.17. The topological polar surface area (TPSA) is 81.9 Å². The molecule has 0 radical (unpaired) electrons. The third kappa shape index (κ3) is 5.33. The van der Waals surface area contributed by atoms with Crippen LogP contribution in [0.4, 0.5) is 5.82 Å². The van der Waals surface area contributed by atoms with Gasteiger partial charge < -0.3 is 10.1 Å². The molecule has 0 saturated carbocycles. The van der Waals surface area contributed by atoms with Gasteiger partial charge in [-0.25, -0.2) is 4.98 Å². The Labute approximate surface area is 190 Å². The Hall–Kier alpha value is -3.65. The van der Waals surface area contributed by atoms with E-state index in [9.17, 15) is 4.79 Å². The molecular weight excluding hydrogens is 422 g/mol. The first-order valence-corrected chi connectivity index (χ1v) is 11.1. The Bertz CT molecular complexity index is 1190. The monoisotopic (exact) mass is 445 g/mol. The molecule has 1 N–H and O–H groups in total. The van der Waals surface area contributed by atoms with Crippen molar-refractivity contribution in [3.05, 3.63) is 89.9 Å². The Morgan fingerprint density at radius 3 is 2.53 bits per heavy atom. The van der Waals surface area contributed by atoms with Crippen molar-refractivity contribution in [2.45, 2.75) is 25.6 Å². The minimum atomic E-state index is -0.160. The van der Waals surface area contributed by atoms with E-state index in [1.807, 2.05) is 79.1 Å². The van der Waals surface area contributed by atoms with Gasteiger partial charge in [0, 0.05) is 11.9 Å². The van der Waals surface area contributed by atoms with Crippen LogP contribution >= 0.6 is 11.8 Å². The molecule has 32 heavy (non-hydrogen) atoms. The number of aromatic nitrogens is 4. The minimum Gasteiger partial charge on any atom is -0.485 e. The van der Waals surface area contributed by atoms with Gasteiger partial charge in [0.2, 0.25) is 5.91 Å². The third-order valence-electron chi connectivity index (χ3n) is 4.68. The molecule has 7 nitrogen and oxygen atoms in total. The molecule has 2 heterocycles. The van der Waals surface area contributed by atoms with E-state index < -0.39 is 0 Å². The van der Waals surface area contributed by atoms with Gasteiger partial charge in [0.15, 0.2) is 11.0 Å². The fraction of sp³-hybridized carbons (Fsp3) is 0.167. The summed E-state index contributed by atoms with van der Waals surface area (Å²) < 4.78 is 7.91. The molecule has 0 unspecified atom stereocenters. The van der Waals surface area contributed by atoms with Crippen molar-refractivity contribution in [2.24, 2.45) is 0 Å². The van der Waals surface area contributed by atoms with Crippen molar-refractivity contribution >= 4 is 23.5 Å². The summed E-state index contributed by atoms with van der Waals surface area (Å²) >= 11 is 1.31. The number of carbonyl (C=O) groups excluding carboxylic acids is 1. The lowest BCUT2D eigenvalue weighted by molar-refractivity contribution is -0.113. The summed E-state index contributed by atoms with van der Waals surface area (Å²) in [5.41, 5.74) is 2.99. The van der Waals surface area contributed by atoms with Crippen LogP contribution in [0, 0.1) is 13.8 Å². The normalized spacial score (nSPS) is 10.7. The molecule has 8 heteroatoms. The standard InChI is InChI=1S/C24H23N5O2S/c1-17-12-13-21(25-14-17)26-23(30)16-32-24-28-27-22(29(24)19-9-4-3-5-10-19)15-31-20-11-7-6-8-18(20)2/h3-14H,15-16H2,1-2H3,(H,25,26,30). The molecule has 0 fully saturated rings. The zero-order valence-electron chi connectivity index (χ0n) is 17.9. The molecule has 0 atom stereocenters. The van der Waals surface area contributed by atoms with Crippen molar-refractivity contribution in [2.75, 3.05) is 11.1 Å². The number of nitrogens with zero attached hydrogens (tertiary/aromatic N) is 4. The second-order valence-corrected chi connectivity index (χ2v) is 8.12. The molecule has 0 aliphatic carbocycles. The highest BCUT2D eigenvalue weighted by Crippen LogP contribution is 2.24. The van der Waals surface area contributed by atoms with Gasteiger partial charge in [0.25, 0.3) is 0 Å². The summed E-state index contributed by atoms with van der Waals surface area (Å²) in [6.45, 7) is 4.21. The minimum absolute atomic E-state index is 0.160. The average molecular weight is 446 g/mol. The zero-order valence-corrected chi connectivity index (χ0v) is 18.7. The Morgan fingerprint density at radius 1 is 1.00 bits per heavy atom. The summed E-state index contributed by atoms with van der Waals surface area (Å²) in [5, 5.41) is 12.1. The SMILES string of the molecule is Cc1ccc(NC(=O)CSc2nnc(COc3ccccc3C)n2-c2ccccc2)nc1. The number of aryl methyl sites for hydroxylation is 2. The van der Waals surface area contributed by atoms with Gasteiger partial charge >= 0.3 is 0 Å². The summed E-state index contributed by atoms with van der Waals surface area (Å²) in [6.07, 6.45) is 1.72. The largest absolute Gasteiger partial charge is 0.485 e. The van der Waals surface area contributed by atoms with Gasteiger partial charge in [0.05, 0.1) is 5.75 Å². The van der Waals surface area contributed by atoms with Crippen molar-refractivity contribution in [3.8, 4) is 11.4 Å². The first kappa shape index (κ1) is 21.6. The highest BCUT2D eigenvalue weighted by molar-refractivity contribution is 7.99. The number of pyridine rings is 1. The molecule has 1 amide bonds. The first-order chi connectivity index (χ1) is 15.6. The van der Waals surface area contributed by atoms with E-state index in [-0.39, 0.29) is 18.3 Å². The Kier molecular flexibility index (Phi) is 6.81. The molecule has 0 aliphatic rings. The number of rotatable bonds is 8.